The lowest BCUT2D eigenvalue weighted by Crippen LogP contribution is -2.48. The van der Waals surface area contributed by atoms with Gasteiger partial charge in [0.25, 0.3) is 0 Å². The van der Waals surface area contributed by atoms with Crippen LogP contribution in [0.5, 0.6) is 0 Å². The summed E-state index contributed by atoms with van der Waals surface area (Å²) in [5.41, 5.74) is 0.327. The van der Waals surface area contributed by atoms with Crippen molar-refractivity contribution in [1.29, 1.82) is 0 Å². The molecule has 0 saturated carbocycles. The van der Waals surface area contributed by atoms with Gasteiger partial charge in [-0.1, -0.05) is 34.1 Å². The lowest BCUT2D eigenvalue weighted by atomic mass is 9.84. The molecule has 0 aromatic carbocycles. The van der Waals surface area contributed by atoms with E-state index in [2.05, 4.69) is 27.7 Å². The molecule has 0 aromatic heterocycles. The molecule has 2 fully saturated rings. The molecule has 0 bridgehead atoms. The van der Waals surface area contributed by atoms with Crippen LogP contribution in [-0.2, 0) is 23.7 Å². The van der Waals surface area contributed by atoms with Crippen LogP contribution in [0.1, 0.15) is 53.4 Å². The lowest BCUT2D eigenvalue weighted by molar-refractivity contribution is -0.174. The summed E-state index contributed by atoms with van der Waals surface area (Å²) in [4.78, 5) is 0. The Morgan fingerprint density at radius 3 is 1.58 bits per heavy atom. The molecule has 0 N–H and O–H groups in total. The van der Waals surface area contributed by atoms with Crippen molar-refractivity contribution in [2.24, 2.45) is 16.2 Å². The highest BCUT2D eigenvalue weighted by Crippen LogP contribution is 2.33. The van der Waals surface area contributed by atoms with Gasteiger partial charge >= 0.3 is 0 Å². The van der Waals surface area contributed by atoms with E-state index in [0.29, 0.717) is 19.8 Å². The fourth-order valence-corrected chi connectivity index (χ4v) is 3.28. The van der Waals surface area contributed by atoms with E-state index in [1.165, 1.54) is 0 Å². The number of ether oxygens (including phenoxy) is 5. The molecule has 2 aliphatic rings. The van der Waals surface area contributed by atoms with Crippen molar-refractivity contribution in [2.45, 2.75) is 53.4 Å². The maximum Gasteiger partial charge on any atom is 0.0566 e. The Balaban J connectivity index is 1.77. The van der Waals surface area contributed by atoms with Crippen LogP contribution in [0.4, 0.5) is 0 Å². The largest absolute Gasteiger partial charge is 0.381 e. The van der Waals surface area contributed by atoms with Crippen LogP contribution in [0.3, 0.4) is 0 Å². The van der Waals surface area contributed by atoms with E-state index in [-0.39, 0.29) is 16.2 Å². The number of hydrogen-bond acceptors (Lipinski definition) is 5. The second kappa shape index (κ2) is 10.4. The highest BCUT2D eigenvalue weighted by molar-refractivity contribution is 4.86. The van der Waals surface area contributed by atoms with E-state index in [1.807, 2.05) is 0 Å². The maximum absolute atomic E-state index is 6.14. The first kappa shape index (κ1) is 22.1. The van der Waals surface area contributed by atoms with Crippen molar-refractivity contribution < 1.29 is 23.7 Å². The zero-order chi connectivity index (χ0) is 18.9. The van der Waals surface area contributed by atoms with Gasteiger partial charge in [0.2, 0.25) is 0 Å². The molecule has 5 nitrogen and oxygen atoms in total. The van der Waals surface area contributed by atoms with Gasteiger partial charge in [-0.15, -0.1) is 0 Å². The van der Waals surface area contributed by atoms with Crippen molar-refractivity contribution in [3.63, 3.8) is 0 Å². The van der Waals surface area contributed by atoms with E-state index >= 15 is 0 Å². The van der Waals surface area contributed by atoms with Crippen LogP contribution in [0.2, 0.25) is 0 Å². The van der Waals surface area contributed by atoms with E-state index in [1.54, 1.807) is 0 Å². The molecule has 0 aliphatic carbocycles. The third-order valence-electron chi connectivity index (χ3n) is 5.94. The first-order valence-electron chi connectivity index (χ1n) is 10.4. The second-order valence-electron chi connectivity index (χ2n) is 8.90. The predicted octanol–water partition coefficient (Wildman–Crippen LogP) is 3.70. The Kier molecular flexibility index (Phi) is 8.81. The molecule has 5 heteroatoms. The topological polar surface area (TPSA) is 46.2 Å². The summed E-state index contributed by atoms with van der Waals surface area (Å²) in [7, 11) is 0. The van der Waals surface area contributed by atoms with Crippen molar-refractivity contribution in [2.75, 3.05) is 66.1 Å². The fourth-order valence-electron chi connectivity index (χ4n) is 3.28. The summed E-state index contributed by atoms with van der Waals surface area (Å²) in [5, 5.41) is 0. The molecule has 2 aliphatic heterocycles. The van der Waals surface area contributed by atoms with Gasteiger partial charge in [0.15, 0.2) is 0 Å². The minimum absolute atomic E-state index is 0.118. The molecule has 0 amide bonds. The first-order chi connectivity index (χ1) is 12.5. The van der Waals surface area contributed by atoms with Crippen LogP contribution in [0.15, 0.2) is 0 Å². The van der Waals surface area contributed by atoms with Crippen LogP contribution in [0.25, 0.3) is 0 Å². The van der Waals surface area contributed by atoms with Gasteiger partial charge in [-0.2, -0.15) is 0 Å². The van der Waals surface area contributed by atoms with Gasteiger partial charge in [-0.05, 0) is 19.3 Å². The van der Waals surface area contributed by atoms with Gasteiger partial charge in [-0.3, -0.25) is 0 Å². The normalized spacial score (nSPS) is 21.2. The van der Waals surface area contributed by atoms with Crippen LogP contribution in [0, 0.1) is 16.2 Å². The molecule has 0 unspecified atom stereocenters. The highest BCUT2D eigenvalue weighted by Gasteiger charge is 2.39. The molecule has 0 radical (unpaired) electrons. The molecule has 0 spiro atoms. The van der Waals surface area contributed by atoms with E-state index < -0.39 is 0 Å². The zero-order valence-electron chi connectivity index (χ0n) is 17.4. The van der Waals surface area contributed by atoms with E-state index in [9.17, 15) is 0 Å². The Bertz CT molecular complexity index is 351. The molecule has 2 rings (SSSR count). The Morgan fingerprint density at radius 2 is 1.23 bits per heavy atom. The van der Waals surface area contributed by atoms with Gasteiger partial charge in [0.05, 0.1) is 59.5 Å². The average molecular weight is 373 g/mol. The van der Waals surface area contributed by atoms with Crippen LogP contribution < -0.4 is 0 Å². The first-order valence-corrected chi connectivity index (χ1v) is 10.4. The Morgan fingerprint density at radius 1 is 0.769 bits per heavy atom. The maximum atomic E-state index is 6.14. The van der Waals surface area contributed by atoms with Crippen LogP contribution in [-0.4, -0.2) is 66.1 Å². The quantitative estimate of drug-likeness (QED) is 0.410. The molecule has 0 aromatic rings. The SMILES string of the molecule is CCCCOCC(C)(COCC1(CC)COC1)COCC1(CC)COC1. The molecule has 2 heterocycles. The van der Waals surface area contributed by atoms with Gasteiger partial charge in [-0.25, -0.2) is 0 Å². The third kappa shape index (κ3) is 6.16. The zero-order valence-corrected chi connectivity index (χ0v) is 17.4. The average Bonchev–Trinajstić information content (AvgIpc) is 2.57. The summed E-state index contributed by atoms with van der Waals surface area (Å²) >= 11 is 0. The molecule has 154 valence electrons. The molecule has 2 saturated heterocycles. The summed E-state index contributed by atoms with van der Waals surface area (Å²) in [6.45, 7) is 16.5. The molecular formula is C21H40O5. The highest BCUT2D eigenvalue weighted by atomic mass is 16.5. The predicted molar refractivity (Wildman–Crippen MR) is 103 cm³/mol. The van der Waals surface area contributed by atoms with E-state index in [4.69, 9.17) is 23.7 Å². The van der Waals surface area contributed by atoms with Crippen LogP contribution >= 0.6 is 0 Å². The Labute approximate surface area is 160 Å². The number of unbranched alkanes of at least 4 members (excludes halogenated alkanes) is 1. The summed E-state index contributed by atoms with van der Waals surface area (Å²) in [6.07, 6.45) is 4.46. The van der Waals surface area contributed by atoms with Gasteiger partial charge in [0.1, 0.15) is 0 Å². The van der Waals surface area contributed by atoms with Gasteiger partial charge in [0, 0.05) is 22.9 Å². The molecule has 0 atom stereocenters. The Hall–Kier alpha value is -0.200. The number of hydrogen-bond donors (Lipinski definition) is 0. The molecule has 26 heavy (non-hydrogen) atoms. The summed E-state index contributed by atoms with van der Waals surface area (Å²) < 4.78 is 29.0. The molecular weight excluding hydrogens is 332 g/mol. The van der Waals surface area contributed by atoms with Crippen molar-refractivity contribution in [3.05, 3.63) is 0 Å². The van der Waals surface area contributed by atoms with E-state index in [0.717, 1.165) is 71.9 Å². The summed E-state index contributed by atoms with van der Waals surface area (Å²) in [6, 6.07) is 0. The van der Waals surface area contributed by atoms with Crippen molar-refractivity contribution in [3.8, 4) is 0 Å². The second-order valence-corrected chi connectivity index (χ2v) is 8.90. The standard InChI is InChI=1S/C21H40O5/c1-5-8-9-22-10-19(4,11-23-13-20(6-2)15-25-16-20)12-24-14-21(7-3)17-26-18-21/h5-18H2,1-4H3. The summed E-state index contributed by atoms with van der Waals surface area (Å²) in [5.74, 6) is 0. The minimum Gasteiger partial charge on any atom is -0.381 e. The van der Waals surface area contributed by atoms with Crippen molar-refractivity contribution in [1.82, 2.24) is 0 Å². The monoisotopic (exact) mass is 372 g/mol. The third-order valence-corrected chi connectivity index (χ3v) is 5.94. The smallest absolute Gasteiger partial charge is 0.0566 e. The van der Waals surface area contributed by atoms with Crippen molar-refractivity contribution >= 4 is 0 Å². The minimum atomic E-state index is -0.118. The lowest BCUT2D eigenvalue weighted by Gasteiger charge is -2.42. The number of rotatable bonds is 15. The fraction of sp³-hybridized carbons (Fsp3) is 1.00. The van der Waals surface area contributed by atoms with Gasteiger partial charge < -0.3 is 23.7 Å².